The molecule has 1 rings (SSSR count). The van der Waals surface area contributed by atoms with E-state index in [0.717, 1.165) is 0 Å². The Labute approximate surface area is 111 Å². The number of rotatable bonds is 7. The van der Waals surface area contributed by atoms with E-state index in [-0.39, 0.29) is 18.2 Å². The van der Waals surface area contributed by atoms with Crippen LogP contribution in [0.4, 0.5) is 0 Å². The fraction of sp³-hybridized carbons (Fsp3) is 0.500. The van der Waals surface area contributed by atoms with Gasteiger partial charge in [0.2, 0.25) is 5.91 Å². The Hall–Kier alpha value is -2.18. The van der Waals surface area contributed by atoms with E-state index >= 15 is 0 Å². The predicted molar refractivity (Wildman–Crippen MR) is 68.5 cm³/mol. The van der Waals surface area contributed by atoms with Crippen molar-refractivity contribution >= 4 is 11.9 Å². The van der Waals surface area contributed by atoms with Gasteiger partial charge in [0.1, 0.15) is 6.61 Å². The Morgan fingerprint density at radius 2 is 2.26 bits per heavy atom. The average molecular weight is 266 g/mol. The van der Waals surface area contributed by atoms with E-state index in [4.69, 9.17) is 4.74 Å². The van der Waals surface area contributed by atoms with Gasteiger partial charge in [0.25, 0.3) is 0 Å². The molecule has 1 N–H and O–H groups in total. The number of carbonyl (C=O) groups excluding carboxylic acids is 2. The van der Waals surface area contributed by atoms with Gasteiger partial charge in [0.15, 0.2) is 5.69 Å². The number of ether oxygens (including phenoxy) is 1. The molecular weight excluding hydrogens is 248 g/mol. The van der Waals surface area contributed by atoms with E-state index in [1.165, 1.54) is 10.8 Å². The molecule has 1 aromatic heterocycles. The fourth-order valence-corrected chi connectivity index (χ4v) is 1.46. The number of nitrogens with one attached hydrogen (secondary N) is 1. The maximum Gasteiger partial charge on any atom is 0.361 e. The minimum absolute atomic E-state index is 0.0619. The molecule has 0 atom stereocenters. The summed E-state index contributed by atoms with van der Waals surface area (Å²) in [5.74, 6) is -0.602. The lowest BCUT2D eigenvalue weighted by molar-refractivity contribution is -0.121. The minimum atomic E-state index is -0.540. The predicted octanol–water partition coefficient (Wildman–Crippen LogP) is 0.456. The van der Waals surface area contributed by atoms with Crippen LogP contribution in [0.25, 0.3) is 0 Å². The highest BCUT2D eigenvalue weighted by molar-refractivity contribution is 5.88. The van der Waals surface area contributed by atoms with Gasteiger partial charge in [0, 0.05) is 13.0 Å². The van der Waals surface area contributed by atoms with Crippen molar-refractivity contribution in [2.45, 2.75) is 26.8 Å². The van der Waals surface area contributed by atoms with Gasteiger partial charge in [-0.1, -0.05) is 17.9 Å². The quantitative estimate of drug-likeness (QED) is 0.572. The first-order valence-corrected chi connectivity index (χ1v) is 6.05. The normalized spacial score (nSPS) is 10.0. The first-order valence-electron chi connectivity index (χ1n) is 6.05. The maximum absolute atomic E-state index is 11.6. The Morgan fingerprint density at radius 3 is 2.89 bits per heavy atom. The van der Waals surface area contributed by atoms with Crippen molar-refractivity contribution in [2.75, 3.05) is 13.2 Å². The second kappa shape index (κ2) is 7.30. The van der Waals surface area contributed by atoms with E-state index in [9.17, 15) is 9.59 Å². The summed E-state index contributed by atoms with van der Waals surface area (Å²) in [6, 6.07) is 0. The second-order valence-electron chi connectivity index (χ2n) is 3.84. The van der Waals surface area contributed by atoms with E-state index < -0.39 is 5.97 Å². The lowest BCUT2D eigenvalue weighted by atomic mass is 10.3. The first kappa shape index (κ1) is 14.9. The van der Waals surface area contributed by atoms with Gasteiger partial charge < -0.3 is 10.1 Å². The van der Waals surface area contributed by atoms with E-state index in [1.54, 1.807) is 6.92 Å². The Morgan fingerprint density at radius 1 is 1.53 bits per heavy atom. The molecular formula is C12H18N4O3. The van der Waals surface area contributed by atoms with Gasteiger partial charge in [0.05, 0.1) is 12.2 Å². The van der Waals surface area contributed by atoms with Crippen LogP contribution in [-0.4, -0.2) is 40.0 Å². The van der Waals surface area contributed by atoms with Gasteiger partial charge in [-0.25, -0.2) is 9.48 Å². The lowest BCUT2D eigenvalue weighted by Gasteiger charge is -2.04. The third kappa shape index (κ3) is 4.20. The summed E-state index contributed by atoms with van der Waals surface area (Å²) in [6.07, 6.45) is 1.77. The van der Waals surface area contributed by atoms with Crippen LogP contribution in [0.3, 0.4) is 0 Å². The molecule has 1 amide bonds. The third-order valence-electron chi connectivity index (χ3n) is 2.43. The molecule has 0 fully saturated rings. The summed E-state index contributed by atoms with van der Waals surface area (Å²) in [6.45, 7) is 8.12. The zero-order valence-electron chi connectivity index (χ0n) is 11.2. The largest absolute Gasteiger partial charge is 0.457 e. The van der Waals surface area contributed by atoms with E-state index in [1.807, 2.05) is 6.92 Å². The number of carbonyl (C=O) groups is 2. The summed E-state index contributed by atoms with van der Waals surface area (Å²) in [5, 5.41) is 10.3. The fourth-order valence-electron chi connectivity index (χ4n) is 1.46. The monoisotopic (exact) mass is 266 g/mol. The molecule has 0 radical (unpaired) electrons. The highest BCUT2D eigenvalue weighted by atomic mass is 16.5. The number of nitrogens with zero attached hydrogens (tertiary/aromatic N) is 3. The summed E-state index contributed by atoms with van der Waals surface area (Å²) >= 11 is 0. The summed E-state index contributed by atoms with van der Waals surface area (Å²) in [7, 11) is 0. The summed E-state index contributed by atoms with van der Waals surface area (Å²) in [5.41, 5.74) is 0.746. The maximum atomic E-state index is 11.6. The van der Waals surface area contributed by atoms with Crippen molar-refractivity contribution in [3.05, 3.63) is 24.0 Å². The Kier molecular flexibility index (Phi) is 5.72. The molecule has 0 aliphatic heterocycles. The van der Waals surface area contributed by atoms with Crippen molar-refractivity contribution in [1.82, 2.24) is 20.3 Å². The van der Waals surface area contributed by atoms with Crippen LogP contribution < -0.4 is 5.32 Å². The van der Waals surface area contributed by atoms with Crippen molar-refractivity contribution in [1.29, 1.82) is 0 Å². The number of aryl methyl sites for hydroxylation is 1. The van der Waals surface area contributed by atoms with Gasteiger partial charge in [-0.15, -0.1) is 5.10 Å². The minimum Gasteiger partial charge on any atom is -0.457 e. The number of aromatic nitrogens is 3. The number of hydrogen-bond donors (Lipinski definition) is 1. The molecule has 104 valence electrons. The van der Waals surface area contributed by atoms with E-state index in [2.05, 4.69) is 22.2 Å². The molecule has 0 aliphatic carbocycles. The molecule has 0 saturated carbocycles. The molecule has 0 aliphatic rings. The SMILES string of the molecule is C=CCOC(=O)c1nnn(CCC(=O)NCC)c1C. The van der Waals surface area contributed by atoms with Crippen LogP contribution in [0.2, 0.25) is 0 Å². The molecule has 7 heteroatoms. The summed E-state index contributed by atoms with van der Waals surface area (Å²) in [4.78, 5) is 22.9. The molecule has 1 aromatic rings. The van der Waals surface area contributed by atoms with Gasteiger partial charge in [-0.2, -0.15) is 0 Å². The number of amides is 1. The van der Waals surface area contributed by atoms with Gasteiger partial charge in [-0.05, 0) is 13.8 Å². The second-order valence-corrected chi connectivity index (χ2v) is 3.84. The number of hydrogen-bond acceptors (Lipinski definition) is 5. The van der Waals surface area contributed by atoms with Crippen molar-refractivity contribution in [2.24, 2.45) is 0 Å². The zero-order valence-corrected chi connectivity index (χ0v) is 11.2. The van der Waals surface area contributed by atoms with Crippen LogP contribution in [0.5, 0.6) is 0 Å². The molecule has 19 heavy (non-hydrogen) atoms. The standard InChI is InChI=1S/C12H18N4O3/c1-4-8-19-12(18)11-9(3)16(15-14-11)7-6-10(17)13-5-2/h4H,1,5-8H2,2-3H3,(H,13,17). The van der Waals surface area contributed by atoms with Gasteiger partial charge >= 0.3 is 5.97 Å². The topological polar surface area (TPSA) is 86.1 Å². The number of esters is 1. The molecule has 7 nitrogen and oxygen atoms in total. The lowest BCUT2D eigenvalue weighted by Crippen LogP contribution is -2.24. The molecule has 0 spiro atoms. The van der Waals surface area contributed by atoms with Gasteiger partial charge in [-0.3, -0.25) is 4.79 Å². The average Bonchev–Trinajstić information content (AvgIpc) is 2.75. The molecule has 0 bridgehead atoms. The summed E-state index contributed by atoms with van der Waals surface area (Å²) < 4.78 is 6.40. The van der Waals surface area contributed by atoms with Crippen LogP contribution >= 0.6 is 0 Å². The first-order chi connectivity index (χ1) is 9.10. The van der Waals surface area contributed by atoms with E-state index in [0.29, 0.717) is 25.2 Å². The molecule has 0 saturated heterocycles. The molecule has 0 aromatic carbocycles. The highest BCUT2D eigenvalue weighted by Crippen LogP contribution is 2.06. The smallest absolute Gasteiger partial charge is 0.361 e. The zero-order chi connectivity index (χ0) is 14.3. The van der Waals surface area contributed by atoms with Crippen LogP contribution in [0.1, 0.15) is 29.5 Å². The third-order valence-corrected chi connectivity index (χ3v) is 2.43. The molecule has 1 heterocycles. The van der Waals surface area contributed by atoms with Crippen molar-refractivity contribution < 1.29 is 14.3 Å². The van der Waals surface area contributed by atoms with Crippen LogP contribution in [-0.2, 0) is 16.1 Å². The van der Waals surface area contributed by atoms with Crippen molar-refractivity contribution in [3.63, 3.8) is 0 Å². The Bertz CT molecular complexity index is 468. The van der Waals surface area contributed by atoms with Crippen LogP contribution in [0.15, 0.2) is 12.7 Å². The van der Waals surface area contributed by atoms with Crippen LogP contribution in [0, 0.1) is 6.92 Å². The van der Waals surface area contributed by atoms with Crippen molar-refractivity contribution in [3.8, 4) is 0 Å². The Balaban J connectivity index is 2.62. The molecule has 0 unspecified atom stereocenters. The highest BCUT2D eigenvalue weighted by Gasteiger charge is 2.17.